The van der Waals surface area contributed by atoms with Crippen LogP contribution in [-0.2, 0) is 10.0 Å². The summed E-state index contributed by atoms with van der Waals surface area (Å²) in [7, 11) is -0.101. The molecule has 2 aromatic carbocycles. The average Bonchev–Trinajstić information content (AvgIpc) is 2.52. The molecule has 0 aromatic heterocycles. The minimum Gasteiger partial charge on any atom is -0.497 e. The molecule has 0 saturated carbocycles. The van der Waals surface area contributed by atoms with E-state index in [4.69, 9.17) is 9.47 Å². The summed E-state index contributed by atoms with van der Waals surface area (Å²) >= 11 is 0. The molecule has 1 aliphatic heterocycles. The van der Waals surface area contributed by atoms with Crippen molar-refractivity contribution in [3.05, 3.63) is 42.5 Å². The van der Waals surface area contributed by atoms with Gasteiger partial charge in [0, 0.05) is 19.2 Å². The highest BCUT2D eigenvalue weighted by molar-refractivity contribution is 7.89. The monoisotopic (exact) mass is 320 g/mol. The van der Waals surface area contributed by atoms with E-state index in [1.165, 1.54) is 6.07 Å². The van der Waals surface area contributed by atoms with Crippen LogP contribution in [0.4, 0.5) is 5.69 Å². The maximum Gasteiger partial charge on any atom is 0.244 e. The van der Waals surface area contributed by atoms with E-state index < -0.39 is 10.0 Å². The second-order valence-electron chi connectivity index (χ2n) is 4.91. The number of hydrogen-bond acceptors (Lipinski definition) is 5. The lowest BCUT2D eigenvalue weighted by atomic mass is 10.2. The van der Waals surface area contributed by atoms with Crippen molar-refractivity contribution < 1.29 is 17.9 Å². The van der Waals surface area contributed by atoms with Crippen LogP contribution in [-0.4, -0.2) is 29.2 Å². The van der Waals surface area contributed by atoms with Crippen LogP contribution in [0.2, 0.25) is 0 Å². The van der Waals surface area contributed by atoms with Crippen LogP contribution in [0.5, 0.6) is 17.2 Å². The first kappa shape index (κ1) is 14.7. The van der Waals surface area contributed by atoms with Gasteiger partial charge in [-0.1, -0.05) is 6.07 Å². The van der Waals surface area contributed by atoms with Crippen LogP contribution in [0.3, 0.4) is 0 Å². The number of hydrogen-bond donors (Lipinski definition) is 1. The van der Waals surface area contributed by atoms with E-state index in [0.29, 0.717) is 22.9 Å². The zero-order chi connectivity index (χ0) is 15.7. The Morgan fingerprint density at radius 3 is 2.59 bits per heavy atom. The zero-order valence-electron chi connectivity index (χ0n) is 12.2. The topological polar surface area (TPSA) is 67.9 Å². The Hall–Kier alpha value is -2.25. The molecular weight excluding hydrogens is 304 g/mol. The van der Waals surface area contributed by atoms with Gasteiger partial charge in [-0.25, -0.2) is 8.42 Å². The van der Waals surface area contributed by atoms with Gasteiger partial charge in [0.15, 0.2) is 0 Å². The van der Waals surface area contributed by atoms with E-state index in [2.05, 4.69) is 4.72 Å². The van der Waals surface area contributed by atoms with Crippen molar-refractivity contribution in [2.45, 2.75) is 4.90 Å². The molecule has 2 aromatic rings. The van der Waals surface area contributed by atoms with Crippen molar-refractivity contribution in [1.82, 2.24) is 4.72 Å². The van der Waals surface area contributed by atoms with Crippen LogP contribution in [0.1, 0.15) is 0 Å². The fraction of sp³-hybridized carbons (Fsp3) is 0.200. The fourth-order valence-corrected chi connectivity index (χ4v) is 3.52. The Labute approximate surface area is 129 Å². The molecule has 0 amide bonds. The van der Waals surface area contributed by atoms with Crippen molar-refractivity contribution in [2.75, 3.05) is 25.7 Å². The first-order chi connectivity index (χ1) is 10.5. The molecule has 0 atom stereocenters. The number of ether oxygens (including phenoxy) is 2. The van der Waals surface area contributed by atoms with Gasteiger partial charge in [-0.3, -0.25) is 0 Å². The van der Waals surface area contributed by atoms with Gasteiger partial charge in [-0.2, -0.15) is 4.72 Å². The average molecular weight is 320 g/mol. The molecule has 0 bridgehead atoms. The Balaban J connectivity index is 1.96. The summed E-state index contributed by atoms with van der Waals surface area (Å²) in [5.74, 6) is 1.70. The molecule has 0 unspecified atom stereocenters. The standard InChI is InChI=1S/C15H16N2O4S/c1-17-10-16-22(18,19)15-9-13(6-7-14(15)17)21-12-5-3-4-11(8-12)20-2/h3-9,16H,10H2,1-2H3. The van der Waals surface area contributed by atoms with Crippen molar-refractivity contribution in [2.24, 2.45) is 0 Å². The van der Waals surface area contributed by atoms with E-state index in [1.54, 1.807) is 37.4 Å². The lowest BCUT2D eigenvalue weighted by Crippen LogP contribution is -2.40. The van der Waals surface area contributed by atoms with Gasteiger partial charge in [-0.15, -0.1) is 0 Å². The highest BCUT2D eigenvalue weighted by Gasteiger charge is 2.26. The van der Waals surface area contributed by atoms with Crippen LogP contribution >= 0.6 is 0 Å². The Morgan fingerprint density at radius 1 is 1.09 bits per heavy atom. The molecule has 0 aliphatic carbocycles. The number of anilines is 1. The van der Waals surface area contributed by atoms with E-state index in [1.807, 2.05) is 18.0 Å². The second-order valence-corrected chi connectivity index (χ2v) is 6.65. The van der Waals surface area contributed by atoms with Gasteiger partial charge in [0.05, 0.1) is 19.5 Å². The maximum atomic E-state index is 12.1. The molecule has 0 spiro atoms. The summed E-state index contributed by atoms with van der Waals surface area (Å²) in [4.78, 5) is 2.03. The van der Waals surface area contributed by atoms with Crippen LogP contribution in [0.25, 0.3) is 0 Å². The van der Waals surface area contributed by atoms with Crippen molar-refractivity contribution >= 4 is 15.7 Å². The Morgan fingerprint density at radius 2 is 1.82 bits per heavy atom. The maximum absolute atomic E-state index is 12.1. The van der Waals surface area contributed by atoms with Gasteiger partial charge < -0.3 is 14.4 Å². The fourth-order valence-electron chi connectivity index (χ4n) is 2.23. The van der Waals surface area contributed by atoms with Gasteiger partial charge in [-0.05, 0) is 24.3 Å². The first-order valence-electron chi connectivity index (χ1n) is 6.66. The van der Waals surface area contributed by atoms with E-state index in [-0.39, 0.29) is 11.6 Å². The van der Waals surface area contributed by atoms with Crippen molar-refractivity contribution in [1.29, 1.82) is 0 Å². The van der Waals surface area contributed by atoms with E-state index >= 15 is 0 Å². The number of fused-ring (bicyclic) bond motifs is 1. The van der Waals surface area contributed by atoms with E-state index in [0.717, 1.165) is 0 Å². The number of nitrogens with one attached hydrogen (secondary N) is 1. The summed E-state index contributed by atoms with van der Waals surface area (Å²) in [6.45, 7) is 0.255. The smallest absolute Gasteiger partial charge is 0.244 e. The third kappa shape index (κ3) is 2.72. The SMILES string of the molecule is COc1cccc(Oc2ccc3c(c2)S(=O)(=O)NCN3C)c1. The lowest BCUT2D eigenvalue weighted by Gasteiger charge is -2.28. The highest BCUT2D eigenvalue weighted by atomic mass is 32.2. The predicted octanol–water partition coefficient (Wildman–Crippen LogP) is 2.17. The molecule has 6 nitrogen and oxygen atoms in total. The largest absolute Gasteiger partial charge is 0.497 e. The van der Waals surface area contributed by atoms with Crippen molar-refractivity contribution in [3.63, 3.8) is 0 Å². The summed E-state index contributed by atoms with van der Waals surface area (Å²) in [5.41, 5.74) is 0.650. The van der Waals surface area contributed by atoms with Crippen LogP contribution < -0.4 is 19.1 Å². The normalized spacial score (nSPS) is 16.0. The van der Waals surface area contributed by atoms with Gasteiger partial charge in [0.2, 0.25) is 10.0 Å². The molecule has 1 N–H and O–H groups in total. The number of rotatable bonds is 3. The molecule has 22 heavy (non-hydrogen) atoms. The van der Waals surface area contributed by atoms with Gasteiger partial charge in [0.25, 0.3) is 0 Å². The molecule has 1 aliphatic rings. The second kappa shape index (κ2) is 5.51. The summed E-state index contributed by atoms with van der Waals surface area (Å²) in [5, 5.41) is 0. The molecule has 1 heterocycles. The summed E-state index contributed by atoms with van der Waals surface area (Å²) < 4.78 is 37.6. The quantitative estimate of drug-likeness (QED) is 0.939. The van der Waals surface area contributed by atoms with Crippen molar-refractivity contribution in [3.8, 4) is 17.2 Å². The van der Waals surface area contributed by atoms with Crippen LogP contribution in [0, 0.1) is 0 Å². The Bertz CT molecular complexity index is 805. The molecule has 3 rings (SSSR count). The minimum absolute atomic E-state index is 0.210. The first-order valence-corrected chi connectivity index (χ1v) is 8.15. The summed E-state index contributed by atoms with van der Waals surface area (Å²) in [6.07, 6.45) is 0. The molecular formula is C15H16N2O4S. The van der Waals surface area contributed by atoms with E-state index in [9.17, 15) is 8.42 Å². The van der Waals surface area contributed by atoms with Gasteiger partial charge >= 0.3 is 0 Å². The van der Waals surface area contributed by atoms with Crippen LogP contribution in [0.15, 0.2) is 47.4 Å². The lowest BCUT2D eigenvalue weighted by molar-refractivity contribution is 0.409. The zero-order valence-corrected chi connectivity index (χ0v) is 13.1. The third-order valence-electron chi connectivity index (χ3n) is 3.40. The molecule has 0 radical (unpaired) electrons. The third-order valence-corrected chi connectivity index (χ3v) is 4.82. The number of benzene rings is 2. The predicted molar refractivity (Wildman–Crippen MR) is 83.1 cm³/mol. The number of sulfonamides is 1. The molecule has 7 heteroatoms. The minimum atomic E-state index is -3.50. The molecule has 116 valence electrons. The molecule has 0 fully saturated rings. The number of nitrogens with zero attached hydrogens (tertiary/aromatic N) is 1. The number of methoxy groups -OCH3 is 1. The van der Waals surface area contributed by atoms with Gasteiger partial charge in [0.1, 0.15) is 22.1 Å². The Kier molecular flexibility index (Phi) is 3.67. The summed E-state index contributed by atoms with van der Waals surface area (Å²) in [6, 6.07) is 12.1. The highest BCUT2D eigenvalue weighted by Crippen LogP contribution is 2.33. The molecule has 0 saturated heterocycles.